The van der Waals surface area contributed by atoms with Crippen LogP contribution in [0.4, 0.5) is 4.79 Å². The van der Waals surface area contributed by atoms with Crippen molar-refractivity contribution in [1.29, 1.82) is 0 Å². The fraction of sp³-hybridized carbons (Fsp3) is 0.516. The number of aromatic nitrogens is 1. The summed E-state index contributed by atoms with van der Waals surface area (Å²) in [4.78, 5) is 58.3. The molecule has 1 N–H and O–H groups in total. The smallest absolute Gasteiger partial charge is 0.410 e. The van der Waals surface area contributed by atoms with Gasteiger partial charge in [0.1, 0.15) is 6.61 Å². The molecule has 0 radical (unpaired) electrons. The van der Waals surface area contributed by atoms with E-state index in [9.17, 15) is 19.2 Å². The first kappa shape index (κ1) is 30.0. The van der Waals surface area contributed by atoms with Crippen LogP contribution in [0.5, 0.6) is 0 Å². The summed E-state index contributed by atoms with van der Waals surface area (Å²) >= 11 is 0. The summed E-state index contributed by atoms with van der Waals surface area (Å²) in [5.41, 5.74) is 1.69. The number of piperidine rings is 2. The van der Waals surface area contributed by atoms with Gasteiger partial charge in [0.05, 0.1) is 25.5 Å². The molecule has 2 aliphatic heterocycles. The van der Waals surface area contributed by atoms with Gasteiger partial charge in [-0.05, 0) is 55.2 Å². The second kappa shape index (κ2) is 15.2. The van der Waals surface area contributed by atoms with Crippen molar-refractivity contribution in [3.05, 3.63) is 66.0 Å². The molecule has 41 heavy (non-hydrogen) atoms. The van der Waals surface area contributed by atoms with Crippen molar-refractivity contribution in [2.75, 3.05) is 33.3 Å². The zero-order valence-electron chi connectivity index (χ0n) is 23.7. The summed E-state index contributed by atoms with van der Waals surface area (Å²) in [7, 11) is 1.32. The van der Waals surface area contributed by atoms with E-state index in [1.807, 2.05) is 36.4 Å². The minimum Gasteiger partial charge on any atom is -0.469 e. The minimum atomic E-state index is -0.545. The quantitative estimate of drug-likeness (QED) is 0.435. The van der Waals surface area contributed by atoms with Gasteiger partial charge in [-0.2, -0.15) is 0 Å². The van der Waals surface area contributed by atoms with Crippen molar-refractivity contribution in [2.24, 2.45) is 11.8 Å². The molecule has 0 spiro atoms. The van der Waals surface area contributed by atoms with Crippen molar-refractivity contribution < 1.29 is 28.7 Å². The normalized spacial score (nSPS) is 18.3. The first-order chi connectivity index (χ1) is 19.9. The first-order valence-electron chi connectivity index (χ1n) is 14.4. The van der Waals surface area contributed by atoms with Crippen molar-refractivity contribution in [2.45, 2.75) is 57.6 Å². The Morgan fingerprint density at radius 2 is 1.78 bits per heavy atom. The molecule has 2 saturated heterocycles. The van der Waals surface area contributed by atoms with Crippen molar-refractivity contribution >= 4 is 23.9 Å². The molecule has 4 rings (SSSR count). The number of nitrogens with one attached hydrogen (secondary N) is 1. The van der Waals surface area contributed by atoms with Crippen LogP contribution in [0.25, 0.3) is 0 Å². The second-order valence-electron chi connectivity index (χ2n) is 10.8. The summed E-state index contributed by atoms with van der Waals surface area (Å²) in [5.74, 6) is -0.499. The summed E-state index contributed by atoms with van der Waals surface area (Å²) < 4.78 is 10.3. The lowest BCUT2D eigenvalue weighted by molar-refractivity contribution is -0.141. The van der Waals surface area contributed by atoms with Gasteiger partial charge in [0.15, 0.2) is 0 Å². The molecule has 3 heterocycles. The number of likely N-dealkylation sites (tertiary alicyclic amines) is 2. The number of hydrogen-bond donors (Lipinski definition) is 1. The molecular formula is C31H40N4O6. The molecule has 1 aromatic heterocycles. The Kier molecular flexibility index (Phi) is 11.1. The Morgan fingerprint density at radius 3 is 2.49 bits per heavy atom. The number of benzene rings is 1. The zero-order chi connectivity index (χ0) is 29.0. The molecule has 10 nitrogen and oxygen atoms in total. The number of carbonyl (C=O) groups excluding carboxylic acids is 4. The van der Waals surface area contributed by atoms with E-state index in [0.29, 0.717) is 44.9 Å². The zero-order valence-corrected chi connectivity index (χ0v) is 23.7. The Balaban J connectivity index is 1.19. The maximum absolute atomic E-state index is 13.2. The molecule has 220 valence electrons. The molecule has 2 aromatic rings. The average Bonchev–Trinajstić information content (AvgIpc) is 3.03. The molecule has 0 bridgehead atoms. The number of nitrogens with zero attached hydrogens (tertiary/aromatic N) is 3. The van der Waals surface area contributed by atoms with Gasteiger partial charge in [0.2, 0.25) is 11.8 Å². The van der Waals surface area contributed by atoms with Gasteiger partial charge in [0.25, 0.3) is 0 Å². The SMILES string of the molecule is COC(=O)C[C@H](NC(=O)[C@@H]1CCCN(C(=O)CCC2CCN(C(=O)OCc3ccccc3)CC2)C1)c1cccnc1. The molecule has 0 unspecified atom stereocenters. The molecule has 2 atom stereocenters. The van der Waals surface area contributed by atoms with E-state index in [-0.39, 0.29) is 36.9 Å². The number of amides is 3. The lowest BCUT2D eigenvalue weighted by atomic mass is 9.91. The number of esters is 1. The third kappa shape index (κ3) is 9.03. The number of ether oxygens (including phenoxy) is 2. The van der Waals surface area contributed by atoms with E-state index in [4.69, 9.17) is 9.47 Å². The van der Waals surface area contributed by atoms with Gasteiger partial charge < -0.3 is 24.6 Å². The Bertz CT molecular complexity index is 1150. The molecule has 0 aliphatic carbocycles. The monoisotopic (exact) mass is 564 g/mol. The molecule has 1 aromatic carbocycles. The van der Waals surface area contributed by atoms with Crippen LogP contribution >= 0.6 is 0 Å². The Labute approximate surface area is 241 Å². The van der Waals surface area contributed by atoms with Gasteiger partial charge in [0, 0.05) is 45.0 Å². The van der Waals surface area contributed by atoms with E-state index in [1.54, 1.807) is 28.3 Å². The average molecular weight is 565 g/mol. The Morgan fingerprint density at radius 1 is 1.00 bits per heavy atom. The van der Waals surface area contributed by atoms with E-state index >= 15 is 0 Å². The molecule has 10 heteroatoms. The van der Waals surface area contributed by atoms with Crippen molar-refractivity contribution in [3.63, 3.8) is 0 Å². The molecule has 0 saturated carbocycles. The van der Waals surface area contributed by atoms with Gasteiger partial charge >= 0.3 is 12.1 Å². The van der Waals surface area contributed by atoms with Gasteiger partial charge in [-0.1, -0.05) is 36.4 Å². The highest BCUT2D eigenvalue weighted by atomic mass is 16.6. The Hall–Kier alpha value is -3.95. The van der Waals surface area contributed by atoms with Gasteiger partial charge in [-0.15, -0.1) is 0 Å². The van der Waals surface area contributed by atoms with Crippen LogP contribution in [0.15, 0.2) is 54.9 Å². The first-order valence-corrected chi connectivity index (χ1v) is 14.4. The number of hydrogen-bond acceptors (Lipinski definition) is 7. The van der Waals surface area contributed by atoms with Crippen molar-refractivity contribution in [1.82, 2.24) is 20.1 Å². The third-order valence-corrected chi connectivity index (χ3v) is 7.99. The number of pyridine rings is 1. The lowest BCUT2D eigenvalue weighted by Gasteiger charge is -2.34. The fourth-order valence-electron chi connectivity index (χ4n) is 5.49. The second-order valence-corrected chi connectivity index (χ2v) is 10.8. The van der Waals surface area contributed by atoms with Gasteiger partial charge in [-0.3, -0.25) is 19.4 Å². The predicted octanol–water partition coefficient (Wildman–Crippen LogP) is 3.87. The predicted molar refractivity (Wildman–Crippen MR) is 151 cm³/mol. The largest absolute Gasteiger partial charge is 0.469 e. The highest BCUT2D eigenvalue weighted by Crippen LogP contribution is 2.25. The number of methoxy groups -OCH3 is 1. The molecule has 2 aliphatic rings. The number of carbonyl (C=O) groups is 4. The summed E-state index contributed by atoms with van der Waals surface area (Å²) in [6.07, 6.45) is 7.29. The van der Waals surface area contributed by atoms with E-state index in [0.717, 1.165) is 36.8 Å². The van der Waals surface area contributed by atoms with Crippen LogP contribution in [0.3, 0.4) is 0 Å². The lowest BCUT2D eigenvalue weighted by Crippen LogP contribution is -2.46. The summed E-state index contributed by atoms with van der Waals surface area (Å²) in [6.45, 7) is 2.53. The van der Waals surface area contributed by atoms with E-state index < -0.39 is 12.0 Å². The van der Waals surface area contributed by atoms with Crippen LogP contribution in [0, 0.1) is 11.8 Å². The third-order valence-electron chi connectivity index (χ3n) is 7.99. The molecular weight excluding hydrogens is 524 g/mol. The summed E-state index contributed by atoms with van der Waals surface area (Å²) in [5, 5.41) is 2.98. The van der Waals surface area contributed by atoms with E-state index in [2.05, 4.69) is 10.3 Å². The maximum Gasteiger partial charge on any atom is 0.410 e. The standard InChI is InChI=1S/C31H40N4O6/c1-40-29(37)19-27(25-9-5-15-32-20-25)33-30(38)26-10-6-16-35(21-26)28(36)12-11-23-13-17-34(18-14-23)31(39)41-22-24-7-3-2-4-8-24/h2-5,7-9,15,20,23,26-27H,6,10-14,16-19,21-22H2,1H3,(H,33,38)/t26-,27+/m1/s1. The summed E-state index contributed by atoms with van der Waals surface area (Å²) in [6, 6.07) is 12.6. The number of rotatable bonds is 10. The highest BCUT2D eigenvalue weighted by molar-refractivity contribution is 5.82. The highest BCUT2D eigenvalue weighted by Gasteiger charge is 2.31. The van der Waals surface area contributed by atoms with Gasteiger partial charge in [-0.25, -0.2) is 4.79 Å². The van der Waals surface area contributed by atoms with Crippen LogP contribution in [-0.4, -0.2) is 71.9 Å². The molecule has 2 fully saturated rings. The van der Waals surface area contributed by atoms with Crippen LogP contribution in [0.1, 0.15) is 62.1 Å². The van der Waals surface area contributed by atoms with Crippen LogP contribution < -0.4 is 5.32 Å². The topological polar surface area (TPSA) is 118 Å². The van der Waals surface area contributed by atoms with Crippen LogP contribution in [0.2, 0.25) is 0 Å². The minimum absolute atomic E-state index is 0.00681. The van der Waals surface area contributed by atoms with Crippen LogP contribution in [-0.2, 0) is 30.5 Å². The maximum atomic E-state index is 13.2. The fourth-order valence-corrected chi connectivity index (χ4v) is 5.49. The van der Waals surface area contributed by atoms with Crippen molar-refractivity contribution in [3.8, 4) is 0 Å². The molecule has 3 amide bonds. The van der Waals surface area contributed by atoms with E-state index in [1.165, 1.54) is 7.11 Å².